The van der Waals surface area contributed by atoms with Gasteiger partial charge in [0.15, 0.2) is 5.69 Å². The molecule has 0 bridgehead atoms. The average Bonchev–Trinajstić information content (AvgIpc) is 2.25. The van der Waals surface area contributed by atoms with Crippen molar-refractivity contribution in [2.24, 2.45) is 5.73 Å². The molecule has 8 heteroatoms. The van der Waals surface area contributed by atoms with Crippen LogP contribution in [0.25, 0.3) is 0 Å². The molecule has 0 aliphatic heterocycles. The fourth-order valence-corrected chi connectivity index (χ4v) is 1.24. The molecule has 92 valence electrons. The minimum Gasteiger partial charge on any atom is -0.326 e. The van der Waals surface area contributed by atoms with Gasteiger partial charge in [0.1, 0.15) is 5.69 Å². The Morgan fingerprint density at radius 3 is 2.35 bits per heavy atom. The first-order chi connectivity index (χ1) is 7.81. The number of alkyl halides is 5. The first-order valence-electron chi connectivity index (χ1n) is 4.30. The van der Waals surface area contributed by atoms with Crippen LogP contribution < -0.4 is 5.73 Å². The number of hydrogen-bond acceptors (Lipinski definition) is 3. The number of nitriles is 1. The van der Waals surface area contributed by atoms with E-state index in [0.29, 0.717) is 6.07 Å². The van der Waals surface area contributed by atoms with E-state index in [-0.39, 0.29) is 0 Å². The van der Waals surface area contributed by atoms with E-state index in [4.69, 9.17) is 11.0 Å². The topological polar surface area (TPSA) is 62.7 Å². The standard InChI is InChI=1S/C9H6F5N3/c10-8(11)6-1-4(2-15)5(3-16)7(17-6)9(12,13)14/h1,8H,3,16H2. The molecule has 0 spiro atoms. The van der Waals surface area contributed by atoms with Crippen molar-refractivity contribution in [3.8, 4) is 6.07 Å². The molecule has 0 saturated carbocycles. The van der Waals surface area contributed by atoms with Gasteiger partial charge in [-0.05, 0) is 6.07 Å². The highest BCUT2D eigenvalue weighted by atomic mass is 19.4. The van der Waals surface area contributed by atoms with E-state index >= 15 is 0 Å². The van der Waals surface area contributed by atoms with Gasteiger partial charge in [-0.25, -0.2) is 13.8 Å². The van der Waals surface area contributed by atoms with Gasteiger partial charge in [-0.1, -0.05) is 0 Å². The quantitative estimate of drug-likeness (QED) is 0.820. The summed E-state index contributed by atoms with van der Waals surface area (Å²) < 4.78 is 62.2. The number of rotatable bonds is 2. The molecule has 0 radical (unpaired) electrons. The second-order valence-electron chi connectivity index (χ2n) is 3.04. The Morgan fingerprint density at radius 1 is 1.41 bits per heavy atom. The van der Waals surface area contributed by atoms with Crippen LogP contribution in [-0.4, -0.2) is 4.98 Å². The van der Waals surface area contributed by atoms with Gasteiger partial charge in [0, 0.05) is 12.1 Å². The highest BCUT2D eigenvalue weighted by molar-refractivity contribution is 5.42. The number of nitrogens with zero attached hydrogens (tertiary/aromatic N) is 2. The number of aromatic nitrogens is 1. The molecule has 1 aromatic heterocycles. The molecule has 17 heavy (non-hydrogen) atoms. The van der Waals surface area contributed by atoms with Crippen LogP contribution in [0.15, 0.2) is 6.07 Å². The van der Waals surface area contributed by atoms with Gasteiger partial charge >= 0.3 is 6.18 Å². The SMILES string of the molecule is N#Cc1cc(C(F)F)nc(C(F)(F)F)c1CN. The molecule has 0 unspecified atom stereocenters. The Balaban J connectivity index is 3.56. The molecule has 1 heterocycles. The largest absolute Gasteiger partial charge is 0.433 e. The lowest BCUT2D eigenvalue weighted by Crippen LogP contribution is -2.17. The molecule has 1 rings (SSSR count). The van der Waals surface area contributed by atoms with E-state index in [1.807, 2.05) is 0 Å². The van der Waals surface area contributed by atoms with Gasteiger partial charge in [-0.2, -0.15) is 18.4 Å². The molecule has 0 atom stereocenters. The highest BCUT2D eigenvalue weighted by Crippen LogP contribution is 2.33. The van der Waals surface area contributed by atoms with Crippen molar-refractivity contribution in [2.75, 3.05) is 0 Å². The number of pyridine rings is 1. The zero-order valence-electron chi connectivity index (χ0n) is 8.22. The molecular weight excluding hydrogens is 245 g/mol. The van der Waals surface area contributed by atoms with Crippen molar-refractivity contribution < 1.29 is 22.0 Å². The van der Waals surface area contributed by atoms with Crippen LogP contribution in [-0.2, 0) is 12.7 Å². The smallest absolute Gasteiger partial charge is 0.326 e. The molecule has 2 N–H and O–H groups in total. The van der Waals surface area contributed by atoms with Crippen molar-refractivity contribution in [2.45, 2.75) is 19.1 Å². The second kappa shape index (κ2) is 4.63. The average molecular weight is 251 g/mol. The van der Waals surface area contributed by atoms with Gasteiger partial charge in [0.05, 0.1) is 11.6 Å². The van der Waals surface area contributed by atoms with Crippen molar-refractivity contribution in [1.29, 1.82) is 5.26 Å². The fourth-order valence-electron chi connectivity index (χ4n) is 1.24. The Hall–Kier alpha value is -1.75. The Labute approximate surface area is 92.7 Å². The number of nitrogens with two attached hydrogens (primary N) is 1. The third-order valence-electron chi connectivity index (χ3n) is 1.96. The molecule has 0 saturated heterocycles. The maximum absolute atomic E-state index is 12.5. The summed E-state index contributed by atoms with van der Waals surface area (Å²) in [6.07, 6.45) is -8.11. The third-order valence-corrected chi connectivity index (χ3v) is 1.96. The van der Waals surface area contributed by atoms with E-state index in [1.165, 1.54) is 6.07 Å². The van der Waals surface area contributed by atoms with Crippen molar-refractivity contribution in [1.82, 2.24) is 4.98 Å². The van der Waals surface area contributed by atoms with Gasteiger partial charge in [0.2, 0.25) is 0 Å². The minimum atomic E-state index is -4.93. The van der Waals surface area contributed by atoms with Crippen LogP contribution in [0.1, 0.15) is 28.9 Å². The van der Waals surface area contributed by atoms with Crippen molar-refractivity contribution in [3.05, 3.63) is 28.6 Å². The predicted octanol–water partition coefficient (Wildman–Crippen LogP) is 2.37. The van der Waals surface area contributed by atoms with Gasteiger partial charge in [-0.15, -0.1) is 0 Å². The Morgan fingerprint density at radius 2 is 2.00 bits per heavy atom. The van der Waals surface area contributed by atoms with E-state index in [9.17, 15) is 22.0 Å². The maximum Gasteiger partial charge on any atom is 0.433 e. The van der Waals surface area contributed by atoms with E-state index < -0.39 is 41.7 Å². The Bertz CT molecular complexity index is 461. The summed E-state index contributed by atoms with van der Waals surface area (Å²) in [5.74, 6) is 0. The van der Waals surface area contributed by atoms with Crippen LogP contribution in [0.3, 0.4) is 0 Å². The predicted molar refractivity (Wildman–Crippen MR) is 46.8 cm³/mol. The number of hydrogen-bond donors (Lipinski definition) is 1. The van der Waals surface area contributed by atoms with Crippen LogP contribution in [0.4, 0.5) is 22.0 Å². The first-order valence-corrected chi connectivity index (χ1v) is 4.30. The van der Waals surface area contributed by atoms with Crippen LogP contribution >= 0.6 is 0 Å². The van der Waals surface area contributed by atoms with Crippen LogP contribution in [0.5, 0.6) is 0 Å². The van der Waals surface area contributed by atoms with Gasteiger partial charge in [-0.3, -0.25) is 0 Å². The van der Waals surface area contributed by atoms with Crippen LogP contribution in [0.2, 0.25) is 0 Å². The van der Waals surface area contributed by atoms with Crippen molar-refractivity contribution >= 4 is 0 Å². The first kappa shape index (κ1) is 13.3. The van der Waals surface area contributed by atoms with Gasteiger partial charge < -0.3 is 5.73 Å². The summed E-state index contributed by atoms with van der Waals surface area (Å²) in [6, 6.07) is 2.01. The van der Waals surface area contributed by atoms with E-state index in [1.54, 1.807) is 0 Å². The summed E-state index contributed by atoms with van der Waals surface area (Å²) >= 11 is 0. The minimum absolute atomic E-state index is 0.537. The zero-order chi connectivity index (χ0) is 13.2. The van der Waals surface area contributed by atoms with Crippen molar-refractivity contribution in [3.63, 3.8) is 0 Å². The van der Waals surface area contributed by atoms with Crippen LogP contribution in [0, 0.1) is 11.3 Å². The summed E-state index contributed by atoms with van der Waals surface area (Å²) in [6.45, 7) is -0.603. The summed E-state index contributed by atoms with van der Waals surface area (Å²) in [7, 11) is 0. The molecular formula is C9H6F5N3. The molecule has 0 aliphatic carbocycles. The molecule has 0 aromatic carbocycles. The number of halogens is 5. The zero-order valence-corrected chi connectivity index (χ0v) is 8.22. The molecule has 3 nitrogen and oxygen atoms in total. The monoisotopic (exact) mass is 251 g/mol. The second-order valence-corrected chi connectivity index (χ2v) is 3.04. The van der Waals surface area contributed by atoms with Gasteiger partial charge in [0.25, 0.3) is 6.43 Å². The lowest BCUT2D eigenvalue weighted by Gasteiger charge is -2.13. The molecule has 1 aromatic rings. The van der Waals surface area contributed by atoms with E-state index in [0.717, 1.165) is 0 Å². The maximum atomic E-state index is 12.5. The highest BCUT2D eigenvalue weighted by Gasteiger charge is 2.37. The fraction of sp³-hybridized carbons (Fsp3) is 0.333. The lowest BCUT2D eigenvalue weighted by atomic mass is 10.1. The molecule has 0 aliphatic rings. The lowest BCUT2D eigenvalue weighted by molar-refractivity contribution is -0.142. The summed E-state index contributed by atoms with van der Waals surface area (Å²) in [5, 5.41) is 8.60. The molecule has 0 amide bonds. The normalized spacial score (nSPS) is 11.6. The summed E-state index contributed by atoms with van der Waals surface area (Å²) in [5.41, 5.74) is 1.33. The van der Waals surface area contributed by atoms with E-state index in [2.05, 4.69) is 4.98 Å². The Kier molecular flexibility index (Phi) is 3.63. The molecule has 0 fully saturated rings. The summed E-state index contributed by atoms with van der Waals surface area (Å²) in [4.78, 5) is 2.82. The third kappa shape index (κ3) is 2.68.